The summed E-state index contributed by atoms with van der Waals surface area (Å²) >= 11 is 1.81. The summed E-state index contributed by atoms with van der Waals surface area (Å²) in [6.07, 6.45) is 0. The third-order valence-corrected chi connectivity index (χ3v) is 6.72. The highest BCUT2D eigenvalue weighted by atomic mass is 32.1. The third-order valence-electron chi connectivity index (χ3n) is 5.53. The van der Waals surface area contributed by atoms with Gasteiger partial charge in [0.05, 0.1) is 5.71 Å². The zero-order chi connectivity index (χ0) is 19.5. The minimum absolute atomic E-state index is 0.0373. The lowest BCUT2D eigenvalue weighted by atomic mass is 9.92. The monoisotopic (exact) mass is 378 g/mol. The van der Waals surface area contributed by atoms with Gasteiger partial charge in [0.25, 0.3) is 0 Å². The van der Waals surface area contributed by atoms with Gasteiger partial charge < -0.3 is 0 Å². The minimum atomic E-state index is -0.0373. The summed E-state index contributed by atoms with van der Waals surface area (Å²) in [4.78, 5) is 6.47. The van der Waals surface area contributed by atoms with E-state index in [0.29, 0.717) is 5.92 Å². The molecule has 1 atom stereocenters. The molecule has 5 heteroatoms. The SMILES string of the molecule is Cc1cc(C(C)C)ccc1C1=N[C@@H](C)c2nnc(C)n2-c2sc(C)c(C)c21. The molecule has 1 aliphatic rings. The first-order valence-corrected chi connectivity index (χ1v) is 10.3. The Bertz CT molecular complexity index is 1070. The maximum atomic E-state index is 5.15. The van der Waals surface area contributed by atoms with Gasteiger partial charge in [-0.1, -0.05) is 32.0 Å². The quantitative estimate of drug-likeness (QED) is 0.583. The zero-order valence-corrected chi connectivity index (χ0v) is 17.9. The summed E-state index contributed by atoms with van der Waals surface area (Å²) in [5, 5.41) is 9.95. The molecule has 4 nitrogen and oxygen atoms in total. The minimum Gasteiger partial charge on any atom is -0.273 e. The van der Waals surface area contributed by atoms with Crippen molar-refractivity contribution >= 4 is 17.0 Å². The molecule has 0 spiro atoms. The standard InChI is InChI=1S/C22H26N4S/c1-11(2)17-8-9-18(12(3)10-17)20-19-13(4)15(6)27-22(19)26-16(7)24-25-21(26)14(5)23-20/h8-11,14H,1-7H3/t14-/m0/s1. The molecule has 0 radical (unpaired) electrons. The lowest BCUT2D eigenvalue weighted by molar-refractivity contribution is 0.724. The zero-order valence-electron chi connectivity index (χ0n) is 17.1. The van der Waals surface area contributed by atoms with Gasteiger partial charge in [0.2, 0.25) is 0 Å². The van der Waals surface area contributed by atoms with E-state index < -0.39 is 0 Å². The van der Waals surface area contributed by atoms with Crippen LogP contribution in [0.4, 0.5) is 0 Å². The Morgan fingerprint density at radius 2 is 1.81 bits per heavy atom. The predicted octanol–water partition coefficient (Wildman–Crippen LogP) is 5.60. The van der Waals surface area contributed by atoms with Gasteiger partial charge in [-0.25, -0.2) is 0 Å². The van der Waals surface area contributed by atoms with Gasteiger partial charge in [0.1, 0.15) is 16.9 Å². The number of hydrogen-bond acceptors (Lipinski definition) is 4. The van der Waals surface area contributed by atoms with Crippen LogP contribution in [0.1, 0.15) is 77.1 Å². The molecular weight excluding hydrogens is 352 g/mol. The van der Waals surface area contributed by atoms with Crippen molar-refractivity contribution < 1.29 is 0 Å². The summed E-state index contributed by atoms with van der Waals surface area (Å²) in [7, 11) is 0. The topological polar surface area (TPSA) is 43.1 Å². The van der Waals surface area contributed by atoms with Gasteiger partial charge in [-0.15, -0.1) is 21.5 Å². The van der Waals surface area contributed by atoms with Crippen molar-refractivity contribution in [2.75, 3.05) is 0 Å². The van der Waals surface area contributed by atoms with Crippen molar-refractivity contribution in [3.63, 3.8) is 0 Å². The number of hydrogen-bond donors (Lipinski definition) is 0. The van der Waals surface area contributed by atoms with E-state index in [9.17, 15) is 0 Å². The maximum absolute atomic E-state index is 5.15. The molecule has 0 aliphatic carbocycles. The summed E-state index contributed by atoms with van der Waals surface area (Å²) in [6.45, 7) is 15.2. The van der Waals surface area contributed by atoms with E-state index in [1.54, 1.807) is 0 Å². The van der Waals surface area contributed by atoms with Crippen molar-refractivity contribution in [3.8, 4) is 5.00 Å². The van der Waals surface area contributed by atoms with Crippen LogP contribution >= 0.6 is 11.3 Å². The Kier molecular flexibility index (Phi) is 4.30. The summed E-state index contributed by atoms with van der Waals surface area (Å²) < 4.78 is 2.19. The van der Waals surface area contributed by atoms with E-state index in [0.717, 1.165) is 17.4 Å². The highest BCUT2D eigenvalue weighted by molar-refractivity contribution is 7.15. The number of thiophene rings is 1. The molecule has 27 heavy (non-hydrogen) atoms. The molecule has 3 aromatic rings. The van der Waals surface area contributed by atoms with Crippen molar-refractivity contribution in [3.05, 3.63) is 62.5 Å². The van der Waals surface area contributed by atoms with Gasteiger partial charge in [0.15, 0.2) is 5.82 Å². The summed E-state index contributed by atoms with van der Waals surface area (Å²) in [6, 6.07) is 6.75. The van der Waals surface area contributed by atoms with E-state index in [1.165, 1.54) is 37.7 Å². The van der Waals surface area contributed by atoms with Gasteiger partial charge in [-0.05, 0) is 57.2 Å². The molecule has 0 amide bonds. The number of aromatic nitrogens is 3. The van der Waals surface area contributed by atoms with Gasteiger partial charge >= 0.3 is 0 Å². The van der Waals surface area contributed by atoms with Crippen molar-refractivity contribution in [2.45, 2.75) is 60.4 Å². The number of rotatable bonds is 2. The van der Waals surface area contributed by atoms with Crippen LogP contribution in [-0.2, 0) is 0 Å². The molecule has 0 N–H and O–H groups in total. The average molecular weight is 379 g/mol. The normalized spacial score (nSPS) is 16.1. The van der Waals surface area contributed by atoms with Crippen LogP contribution < -0.4 is 0 Å². The van der Waals surface area contributed by atoms with Crippen LogP contribution in [0.3, 0.4) is 0 Å². The molecule has 0 saturated heterocycles. The molecule has 1 aromatic carbocycles. The van der Waals surface area contributed by atoms with E-state index >= 15 is 0 Å². The van der Waals surface area contributed by atoms with Gasteiger partial charge in [0, 0.05) is 16.0 Å². The van der Waals surface area contributed by atoms with Gasteiger partial charge in [-0.2, -0.15) is 0 Å². The third kappa shape index (κ3) is 2.76. The van der Waals surface area contributed by atoms with Crippen LogP contribution in [0.2, 0.25) is 0 Å². The first kappa shape index (κ1) is 18.1. The second-order valence-corrected chi connectivity index (χ2v) is 8.99. The maximum Gasteiger partial charge on any atom is 0.162 e. The Morgan fingerprint density at radius 1 is 1.07 bits per heavy atom. The molecule has 0 unspecified atom stereocenters. The first-order chi connectivity index (χ1) is 12.8. The largest absolute Gasteiger partial charge is 0.273 e. The van der Waals surface area contributed by atoms with Crippen LogP contribution in [0.5, 0.6) is 0 Å². The second kappa shape index (κ2) is 6.41. The van der Waals surface area contributed by atoms with Crippen LogP contribution in [0.15, 0.2) is 23.2 Å². The van der Waals surface area contributed by atoms with Gasteiger partial charge in [-0.3, -0.25) is 9.56 Å². The average Bonchev–Trinajstić information content (AvgIpc) is 3.09. The number of nitrogens with zero attached hydrogens (tertiary/aromatic N) is 4. The van der Waals surface area contributed by atoms with Crippen molar-refractivity contribution in [1.29, 1.82) is 0 Å². The van der Waals surface area contributed by atoms with E-state index in [2.05, 4.69) is 74.5 Å². The van der Waals surface area contributed by atoms with Crippen LogP contribution in [-0.4, -0.2) is 20.5 Å². The molecule has 0 fully saturated rings. The molecule has 0 bridgehead atoms. The van der Waals surface area contributed by atoms with E-state index in [-0.39, 0.29) is 6.04 Å². The summed E-state index contributed by atoms with van der Waals surface area (Å²) in [5.41, 5.74) is 7.46. The Balaban J connectivity index is 2.00. The molecule has 2 aromatic heterocycles. The fraction of sp³-hybridized carbons (Fsp3) is 0.409. The Morgan fingerprint density at radius 3 is 2.48 bits per heavy atom. The molecule has 4 rings (SSSR count). The number of aliphatic imine (C=N–C) groups is 1. The number of fused-ring (bicyclic) bond motifs is 3. The lowest BCUT2D eigenvalue weighted by Crippen LogP contribution is -2.09. The molecular formula is C22H26N4S. The van der Waals surface area contributed by atoms with E-state index in [1.807, 2.05) is 18.3 Å². The van der Waals surface area contributed by atoms with Crippen LogP contribution in [0.25, 0.3) is 5.00 Å². The highest BCUT2D eigenvalue weighted by Crippen LogP contribution is 2.39. The smallest absolute Gasteiger partial charge is 0.162 e. The first-order valence-electron chi connectivity index (χ1n) is 9.51. The molecule has 140 valence electrons. The van der Waals surface area contributed by atoms with Crippen molar-refractivity contribution in [1.82, 2.24) is 14.8 Å². The lowest BCUT2D eigenvalue weighted by Gasteiger charge is -2.14. The fourth-order valence-corrected chi connectivity index (χ4v) is 4.99. The highest BCUT2D eigenvalue weighted by Gasteiger charge is 2.29. The number of benzene rings is 1. The Hall–Kier alpha value is -2.27. The second-order valence-electron chi connectivity index (χ2n) is 7.79. The molecule has 1 aliphatic heterocycles. The van der Waals surface area contributed by atoms with E-state index in [4.69, 9.17) is 4.99 Å². The van der Waals surface area contributed by atoms with Crippen molar-refractivity contribution in [2.24, 2.45) is 4.99 Å². The predicted molar refractivity (Wildman–Crippen MR) is 113 cm³/mol. The number of aryl methyl sites for hydroxylation is 3. The molecule has 3 heterocycles. The Labute approximate surface area is 165 Å². The molecule has 0 saturated carbocycles. The van der Waals surface area contributed by atoms with Crippen LogP contribution in [0, 0.1) is 27.7 Å². The summed E-state index contributed by atoms with van der Waals surface area (Å²) in [5.74, 6) is 2.36. The fourth-order valence-electron chi connectivity index (χ4n) is 3.78.